The van der Waals surface area contributed by atoms with E-state index in [0.717, 1.165) is 86.6 Å². The summed E-state index contributed by atoms with van der Waals surface area (Å²) in [7, 11) is 0. The van der Waals surface area contributed by atoms with Crippen LogP contribution in [0.4, 0.5) is 13.2 Å². The Morgan fingerprint density at radius 1 is 0.441 bits per heavy atom. The molecule has 2 aliphatic heterocycles. The number of aromatic amines is 2. The molecule has 8 nitrogen and oxygen atoms in total. The van der Waals surface area contributed by atoms with Crippen molar-refractivity contribution in [3.8, 4) is 44.5 Å². The van der Waals surface area contributed by atoms with Crippen LogP contribution in [-0.2, 0) is 26.2 Å². The van der Waals surface area contributed by atoms with Crippen LogP contribution < -0.4 is 18.3 Å². The summed E-state index contributed by atoms with van der Waals surface area (Å²) in [6.07, 6.45) is 19.2. The van der Waals surface area contributed by atoms with Crippen molar-refractivity contribution in [1.29, 1.82) is 0 Å². The second-order valence-electron chi connectivity index (χ2n) is 14.7. The van der Waals surface area contributed by atoms with Crippen molar-refractivity contribution in [2.24, 2.45) is 0 Å². The van der Waals surface area contributed by atoms with Gasteiger partial charge in [-0.1, -0.05) is 0 Å². The minimum Gasteiger partial charge on any atom is -0.354 e. The number of aryl methyl sites for hydroxylation is 3. The molecule has 0 radical (unpaired) electrons. The molecule has 7 aromatic rings. The van der Waals surface area contributed by atoms with Crippen LogP contribution in [0.2, 0.25) is 0 Å². The van der Waals surface area contributed by atoms with E-state index in [-0.39, 0.29) is 0 Å². The Bertz CT molecular complexity index is 2950. The van der Waals surface area contributed by atoms with Gasteiger partial charge in [0.1, 0.15) is 19.6 Å². The van der Waals surface area contributed by atoms with E-state index in [4.69, 9.17) is 9.97 Å². The Morgan fingerprint density at radius 2 is 0.729 bits per heavy atom. The summed E-state index contributed by atoms with van der Waals surface area (Å²) in [5, 5.41) is 0. The summed E-state index contributed by atoms with van der Waals surface area (Å²) in [6, 6.07) is 24.1. The first-order valence-corrected chi connectivity index (χ1v) is 19.9. The first-order valence-electron chi connectivity index (χ1n) is 19.9. The van der Waals surface area contributed by atoms with Crippen molar-refractivity contribution in [3.05, 3.63) is 145 Å². The quantitative estimate of drug-likeness (QED) is 0.151. The Morgan fingerprint density at radius 3 is 1.02 bits per heavy atom. The third kappa shape index (κ3) is 7.47. The Balaban J connectivity index is 1.45. The van der Waals surface area contributed by atoms with Crippen LogP contribution in [0.5, 0.6) is 0 Å². The minimum absolute atomic E-state index is 0.591. The largest absolute Gasteiger partial charge is 0.448 e. The summed E-state index contributed by atoms with van der Waals surface area (Å²) >= 11 is 0. The van der Waals surface area contributed by atoms with E-state index in [2.05, 4.69) is 118 Å². The lowest BCUT2D eigenvalue weighted by Crippen LogP contribution is -2.40. The van der Waals surface area contributed by atoms with Crippen molar-refractivity contribution in [2.45, 2.75) is 53.1 Å². The van der Waals surface area contributed by atoms with Crippen molar-refractivity contribution < 1.29 is 31.4 Å². The van der Waals surface area contributed by atoms with Crippen molar-refractivity contribution in [1.82, 2.24) is 19.9 Å². The lowest BCUT2D eigenvalue weighted by atomic mass is 10.1. The number of hydrogen-bond donors (Lipinski definition) is 2. The molecular weight excluding hydrogens is 746 g/mol. The summed E-state index contributed by atoms with van der Waals surface area (Å²) < 4.78 is 48.8. The van der Waals surface area contributed by atoms with Crippen LogP contribution in [0.15, 0.2) is 122 Å². The van der Waals surface area contributed by atoms with E-state index in [9.17, 15) is 13.2 Å². The molecule has 0 atom stereocenters. The van der Waals surface area contributed by atoms with Gasteiger partial charge in [0.25, 0.3) is 0 Å². The van der Waals surface area contributed by atoms with Crippen LogP contribution in [0.1, 0.15) is 43.5 Å². The summed E-state index contributed by atoms with van der Waals surface area (Å²) in [6.45, 7) is 7.59. The zero-order chi connectivity index (χ0) is 40.7. The van der Waals surface area contributed by atoms with E-state index in [1.165, 1.54) is 10.8 Å². The van der Waals surface area contributed by atoms with E-state index >= 15 is 0 Å². The number of halogens is 3. The highest BCUT2D eigenvalue weighted by Crippen LogP contribution is 2.37. The standard InChI is InChI=1S/C48H43F3N8/c1-4-56-23-7-11-32(27-56)44-36-15-17-38(52-36)45(33-12-8-24-57(5-2)28-33)40-19-21-42(54-40)47(35-14-10-26-59(30-35)31-48(49,50)51)43-22-20-41(55-43)46(39-18-16-37(44)53-39)34-13-9-25-58(6-3)29-34/h7-30,52,55H,4-6,31H2,1-3H3/q+4. The number of nitrogens with zero attached hydrogens (tertiary/aromatic N) is 6. The van der Waals surface area contributed by atoms with Crippen molar-refractivity contribution in [3.63, 3.8) is 0 Å². The smallest absolute Gasteiger partial charge is 0.354 e. The lowest BCUT2D eigenvalue weighted by molar-refractivity contribution is -0.718. The molecule has 9 heterocycles. The van der Waals surface area contributed by atoms with Gasteiger partial charge >= 0.3 is 6.18 Å². The van der Waals surface area contributed by atoms with E-state index in [0.29, 0.717) is 22.3 Å². The van der Waals surface area contributed by atoms with Gasteiger partial charge in [-0.15, -0.1) is 0 Å². The number of nitrogens with one attached hydrogen (secondary N) is 2. The zero-order valence-electron chi connectivity index (χ0n) is 33.0. The molecule has 0 saturated heterocycles. The van der Waals surface area contributed by atoms with Crippen LogP contribution >= 0.6 is 0 Å². The van der Waals surface area contributed by atoms with Crippen LogP contribution in [-0.4, -0.2) is 26.1 Å². The predicted molar refractivity (Wildman–Crippen MR) is 224 cm³/mol. The highest BCUT2D eigenvalue weighted by Gasteiger charge is 2.33. The van der Waals surface area contributed by atoms with Gasteiger partial charge in [0.15, 0.2) is 49.6 Å². The zero-order valence-corrected chi connectivity index (χ0v) is 33.0. The molecule has 0 spiro atoms. The minimum atomic E-state index is -4.39. The molecule has 0 aliphatic carbocycles. The second kappa shape index (κ2) is 15.4. The summed E-state index contributed by atoms with van der Waals surface area (Å²) in [5.41, 5.74) is 13.1. The molecule has 9 rings (SSSR count). The molecule has 0 unspecified atom stereocenters. The lowest BCUT2D eigenvalue weighted by Gasteiger charge is -2.07. The Labute approximate surface area is 339 Å². The van der Waals surface area contributed by atoms with Crippen molar-refractivity contribution >= 4 is 46.4 Å². The van der Waals surface area contributed by atoms with Crippen LogP contribution in [0.25, 0.3) is 90.9 Å². The van der Waals surface area contributed by atoms with Crippen molar-refractivity contribution in [2.75, 3.05) is 0 Å². The summed E-state index contributed by atoms with van der Waals surface area (Å²) in [5.74, 6) is 0. The number of hydrogen-bond acceptors (Lipinski definition) is 2. The number of fused-ring (bicyclic) bond motifs is 8. The first kappa shape index (κ1) is 37.6. The van der Waals surface area contributed by atoms with Gasteiger partial charge in [0.2, 0.25) is 6.54 Å². The summed E-state index contributed by atoms with van der Waals surface area (Å²) in [4.78, 5) is 18.2. The molecule has 0 fully saturated rings. The fourth-order valence-corrected chi connectivity index (χ4v) is 8.00. The molecule has 0 aromatic carbocycles. The third-order valence-electron chi connectivity index (χ3n) is 10.8. The second-order valence-corrected chi connectivity index (χ2v) is 14.7. The highest BCUT2D eigenvalue weighted by molar-refractivity contribution is 5.99. The van der Waals surface area contributed by atoms with Gasteiger partial charge < -0.3 is 9.97 Å². The third-order valence-corrected chi connectivity index (χ3v) is 10.8. The molecule has 2 N–H and O–H groups in total. The maximum Gasteiger partial charge on any atom is 0.448 e. The van der Waals surface area contributed by atoms with Gasteiger partial charge in [0.05, 0.1) is 22.8 Å². The average molecular weight is 789 g/mol. The van der Waals surface area contributed by atoms with Gasteiger partial charge in [-0.2, -0.15) is 17.7 Å². The number of rotatable bonds is 8. The maximum absolute atomic E-state index is 13.7. The van der Waals surface area contributed by atoms with Gasteiger partial charge in [0, 0.05) is 90.8 Å². The predicted octanol–water partition coefficient (Wildman–Crippen LogP) is 9.10. The molecule has 292 valence electrons. The SMILES string of the molecule is CC[n+]1cccc(-c2c3nc(c(-c4ccc[n+](CC)c4)c4ccc([nH]4)c(-c4ccc[n+](CC(F)(F)F)c4)c4nc(c(-c5ccc[n+](CC)c5)c5ccc2[nH]5)C=C4)C=C3)c1. The number of alkyl halides is 3. The fraction of sp³-hybridized carbons (Fsp3) is 0.167. The van der Waals surface area contributed by atoms with Crippen LogP contribution in [0, 0.1) is 0 Å². The van der Waals surface area contributed by atoms with Gasteiger partial charge in [-0.05, 0) is 93.6 Å². The van der Waals surface area contributed by atoms with Gasteiger partial charge in [-0.25, -0.2) is 23.7 Å². The topological polar surface area (TPSA) is 72.9 Å². The molecule has 8 bridgehead atoms. The van der Waals surface area contributed by atoms with E-state index < -0.39 is 12.7 Å². The number of aromatic nitrogens is 8. The molecule has 0 saturated carbocycles. The Kier molecular flexibility index (Phi) is 9.80. The Hall–Kier alpha value is -7.01. The number of H-pyrrole nitrogens is 2. The highest BCUT2D eigenvalue weighted by atomic mass is 19.4. The normalized spacial score (nSPS) is 12.4. The van der Waals surface area contributed by atoms with E-state index in [1.807, 2.05) is 54.9 Å². The molecule has 7 aromatic heterocycles. The fourth-order valence-electron chi connectivity index (χ4n) is 8.00. The molecular formula is C48H43F3N8+4. The first-order chi connectivity index (χ1) is 28.7. The monoisotopic (exact) mass is 788 g/mol. The molecule has 11 heteroatoms. The van der Waals surface area contributed by atoms with Crippen LogP contribution in [0.3, 0.4) is 0 Å². The molecule has 2 aliphatic rings. The maximum atomic E-state index is 13.7. The molecule has 59 heavy (non-hydrogen) atoms. The van der Waals surface area contributed by atoms with E-state index in [1.54, 1.807) is 12.3 Å². The number of pyridine rings is 4. The average Bonchev–Trinajstić information content (AvgIpc) is 4.09. The molecule has 0 amide bonds. The van der Waals surface area contributed by atoms with Gasteiger partial charge in [-0.3, -0.25) is 0 Å².